The van der Waals surface area contributed by atoms with Crippen LogP contribution in [0.4, 0.5) is 4.79 Å². The highest BCUT2D eigenvalue weighted by atomic mass is 35.7. The third-order valence-electron chi connectivity index (χ3n) is 4.15. The third-order valence-corrected chi connectivity index (χ3v) is 5.39. The monoisotopic (exact) mass is 380 g/mol. The number of nitrogens with zero attached hydrogens (tertiary/aromatic N) is 2. The van der Waals surface area contributed by atoms with Crippen molar-refractivity contribution in [1.29, 1.82) is 0 Å². The zero-order valence-electron chi connectivity index (χ0n) is 14.3. The van der Waals surface area contributed by atoms with Crippen molar-refractivity contribution in [2.45, 2.75) is 39.2 Å². The summed E-state index contributed by atoms with van der Waals surface area (Å²) in [5.41, 5.74) is -0.527. The van der Waals surface area contributed by atoms with E-state index in [2.05, 4.69) is 0 Å². The van der Waals surface area contributed by atoms with Gasteiger partial charge in [0.2, 0.25) is 15.0 Å². The molecule has 2 heterocycles. The highest BCUT2D eigenvalue weighted by Gasteiger charge is 2.36. The van der Waals surface area contributed by atoms with E-state index in [1.807, 2.05) is 20.8 Å². The zero-order valence-corrected chi connectivity index (χ0v) is 15.9. The van der Waals surface area contributed by atoms with Crippen LogP contribution in [0.15, 0.2) is 0 Å². The highest BCUT2D eigenvalue weighted by Crippen LogP contribution is 2.25. The van der Waals surface area contributed by atoms with E-state index in [4.69, 9.17) is 15.4 Å². The van der Waals surface area contributed by atoms with Crippen LogP contribution in [0.3, 0.4) is 0 Å². The number of amides is 2. The van der Waals surface area contributed by atoms with Gasteiger partial charge in [0.15, 0.2) is 0 Å². The minimum Gasteiger partial charge on any atom is -0.444 e. The number of rotatable bonds is 4. The number of hydrogen-bond acceptors (Lipinski definition) is 5. The molecule has 2 unspecified atom stereocenters. The van der Waals surface area contributed by atoms with E-state index in [1.165, 1.54) is 0 Å². The van der Waals surface area contributed by atoms with E-state index in [9.17, 15) is 18.0 Å². The second kappa shape index (κ2) is 7.07. The minimum atomic E-state index is -3.60. The average Bonchev–Trinajstić information content (AvgIpc) is 2.94. The molecule has 0 saturated carbocycles. The summed E-state index contributed by atoms with van der Waals surface area (Å²) in [6.45, 7) is 7.59. The fraction of sp³-hybridized carbons (Fsp3) is 0.867. The lowest BCUT2D eigenvalue weighted by molar-refractivity contribution is -0.128. The number of carbonyl (C=O) groups is 2. The zero-order chi connectivity index (χ0) is 18.1. The molecule has 0 aromatic rings. The summed E-state index contributed by atoms with van der Waals surface area (Å²) in [4.78, 5) is 27.5. The molecule has 2 rings (SSSR count). The number of ether oxygens (including phenoxy) is 1. The van der Waals surface area contributed by atoms with Gasteiger partial charge in [0.05, 0.1) is 5.75 Å². The van der Waals surface area contributed by atoms with Crippen LogP contribution in [0.5, 0.6) is 0 Å². The summed E-state index contributed by atoms with van der Waals surface area (Å²) in [6.07, 6.45) is 0.694. The topological polar surface area (TPSA) is 84.0 Å². The Kier molecular flexibility index (Phi) is 5.69. The van der Waals surface area contributed by atoms with Crippen LogP contribution in [0.1, 0.15) is 33.6 Å². The van der Waals surface area contributed by atoms with E-state index >= 15 is 0 Å². The fourth-order valence-corrected chi connectivity index (χ4v) is 4.53. The first-order chi connectivity index (χ1) is 10.9. The molecule has 2 atom stereocenters. The molecule has 2 aliphatic rings. The van der Waals surface area contributed by atoms with Gasteiger partial charge in [0.1, 0.15) is 5.60 Å². The molecule has 7 nitrogen and oxygen atoms in total. The quantitative estimate of drug-likeness (QED) is 0.692. The molecule has 138 valence electrons. The molecular formula is C15H25ClN2O5S. The van der Waals surface area contributed by atoms with Crippen LogP contribution < -0.4 is 0 Å². The maximum Gasteiger partial charge on any atom is 0.410 e. The van der Waals surface area contributed by atoms with E-state index in [-0.39, 0.29) is 36.0 Å². The summed E-state index contributed by atoms with van der Waals surface area (Å²) in [5.74, 6) is -0.280. The maximum atomic E-state index is 12.1. The number of hydrogen-bond donors (Lipinski definition) is 0. The van der Waals surface area contributed by atoms with E-state index in [0.717, 1.165) is 6.42 Å². The van der Waals surface area contributed by atoms with Crippen molar-refractivity contribution in [1.82, 2.24) is 9.80 Å². The van der Waals surface area contributed by atoms with Crippen molar-refractivity contribution in [3.8, 4) is 0 Å². The van der Waals surface area contributed by atoms with Crippen molar-refractivity contribution in [2.75, 3.05) is 31.9 Å². The smallest absolute Gasteiger partial charge is 0.410 e. The molecule has 24 heavy (non-hydrogen) atoms. The van der Waals surface area contributed by atoms with Gasteiger partial charge in [-0.05, 0) is 33.1 Å². The molecule has 0 aliphatic carbocycles. The van der Waals surface area contributed by atoms with Crippen LogP contribution in [0, 0.1) is 11.8 Å². The molecular weight excluding hydrogens is 356 g/mol. The normalized spacial score (nSPS) is 25.4. The Morgan fingerprint density at radius 3 is 2.54 bits per heavy atom. The Morgan fingerprint density at radius 1 is 1.29 bits per heavy atom. The molecule has 0 N–H and O–H groups in total. The van der Waals surface area contributed by atoms with Gasteiger partial charge in [-0.2, -0.15) is 0 Å². The largest absolute Gasteiger partial charge is 0.444 e. The average molecular weight is 381 g/mol. The molecule has 0 aromatic carbocycles. The van der Waals surface area contributed by atoms with Gasteiger partial charge in [-0.25, -0.2) is 13.2 Å². The Hall–Kier alpha value is -1.02. The predicted molar refractivity (Wildman–Crippen MR) is 90.2 cm³/mol. The van der Waals surface area contributed by atoms with E-state index < -0.39 is 14.7 Å². The first-order valence-corrected chi connectivity index (χ1v) is 10.6. The lowest BCUT2D eigenvalue weighted by Gasteiger charge is -2.25. The van der Waals surface area contributed by atoms with Crippen molar-refractivity contribution in [3.05, 3.63) is 0 Å². The second-order valence-electron chi connectivity index (χ2n) is 7.66. The SMILES string of the molecule is CC(C)(C)OC(=O)N1CCC(CN2CC(CS(=O)(=O)Cl)CC2=O)C1. The van der Waals surface area contributed by atoms with Gasteiger partial charge < -0.3 is 14.5 Å². The number of carbonyl (C=O) groups excluding carboxylic acids is 2. The number of likely N-dealkylation sites (tertiary alicyclic amines) is 2. The lowest BCUT2D eigenvalue weighted by Crippen LogP contribution is -2.37. The maximum absolute atomic E-state index is 12.1. The Morgan fingerprint density at radius 2 is 1.96 bits per heavy atom. The van der Waals surface area contributed by atoms with E-state index in [1.54, 1.807) is 9.80 Å². The van der Waals surface area contributed by atoms with Crippen molar-refractivity contribution >= 4 is 31.7 Å². The van der Waals surface area contributed by atoms with Gasteiger partial charge >= 0.3 is 6.09 Å². The van der Waals surface area contributed by atoms with Gasteiger partial charge in [-0.3, -0.25) is 4.79 Å². The molecule has 2 aliphatic heterocycles. The van der Waals surface area contributed by atoms with Crippen LogP contribution in [-0.2, 0) is 18.6 Å². The van der Waals surface area contributed by atoms with Gasteiger partial charge in [-0.1, -0.05) is 0 Å². The van der Waals surface area contributed by atoms with Gasteiger partial charge in [-0.15, -0.1) is 0 Å². The Bertz CT molecular complexity index is 601. The summed E-state index contributed by atoms with van der Waals surface area (Å²) in [7, 11) is 1.67. The van der Waals surface area contributed by atoms with Crippen LogP contribution in [0.2, 0.25) is 0 Å². The fourth-order valence-electron chi connectivity index (χ4n) is 3.21. The van der Waals surface area contributed by atoms with Crippen molar-refractivity contribution in [3.63, 3.8) is 0 Å². The summed E-state index contributed by atoms with van der Waals surface area (Å²) in [6, 6.07) is 0. The number of halogens is 1. The summed E-state index contributed by atoms with van der Waals surface area (Å²) < 4.78 is 27.7. The highest BCUT2D eigenvalue weighted by molar-refractivity contribution is 8.13. The van der Waals surface area contributed by atoms with Crippen LogP contribution in [0.25, 0.3) is 0 Å². The molecule has 2 saturated heterocycles. The Labute approximate surface area is 147 Å². The van der Waals surface area contributed by atoms with Crippen LogP contribution in [-0.4, -0.2) is 67.8 Å². The lowest BCUT2D eigenvalue weighted by atomic mass is 10.1. The first-order valence-electron chi connectivity index (χ1n) is 8.11. The molecule has 0 spiro atoms. The molecule has 0 radical (unpaired) electrons. The van der Waals surface area contributed by atoms with E-state index in [0.29, 0.717) is 26.2 Å². The second-order valence-corrected chi connectivity index (χ2v) is 10.5. The summed E-state index contributed by atoms with van der Waals surface area (Å²) >= 11 is 0. The molecule has 0 aromatic heterocycles. The van der Waals surface area contributed by atoms with Crippen molar-refractivity contribution in [2.24, 2.45) is 11.8 Å². The molecule has 9 heteroatoms. The van der Waals surface area contributed by atoms with Crippen LogP contribution >= 0.6 is 10.7 Å². The van der Waals surface area contributed by atoms with Gasteiger partial charge in [0.25, 0.3) is 0 Å². The summed E-state index contributed by atoms with van der Waals surface area (Å²) in [5, 5.41) is 0. The predicted octanol–water partition coefficient (Wildman–Crippen LogP) is 1.66. The third kappa shape index (κ3) is 5.81. The van der Waals surface area contributed by atoms with Crippen molar-refractivity contribution < 1.29 is 22.7 Å². The minimum absolute atomic E-state index is 0.0453. The molecule has 2 fully saturated rings. The van der Waals surface area contributed by atoms with Gasteiger partial charge in [0, 0.05) is 49.2 Å². The first kappa shape index (κ1) is 19.3. The molecule has 2 amide bonds. The Balaban J connectivity index is 1.83. The standard InChI is InChI=1S/C15H25ClN2O5S/c1-15(2,3)23-14(20)17-5-4-11(7-17)8-18-9-12(6-13(18)19)10-24(16,21)22/h11-12H,4-10H2,1-3H3. The molecule has 0 bridgehead atoms.